The summed E-state index contributed by atoms with van der Waals surface area (Å²) in [5, 5.41) is 12.1. The van der Waals surface area contributed by atoms with E-state index in [1.165, 1.54) is 0 Å². The second-order valence-electron chi connectivity index (χ2n) is 18.1. The van der Waals surface area contributed by atoms with Gasteiger partial charge in [0.1, 0.15) is 0 Å². The summed E-state index contributed by atoms with van der Waals surface area (Å²) in [5.41, 5.74) is -0.857. The van der Waals surface area contributed by atoms with Crippen LogP contribution in [-0.2, 0) is 0 Å². The highest BCUT2D eigenvalue weighted by Gasteiger charge is 2.29. The van der Waals surface area contributed by atoms with Gasteiger partial charge in [-0.05, 0) is 91.7 Å². The smallest absolute Gasteiger partial charge is 0.262 e. The van der Waals surface area contributed by atoms with E-state index in [2.05, 4.69) is 88.4 Å². The Labute approximate surface area is 362 Å². The van der Waals surface area contributed by atoms with E-state index < -0.39 is 0 Å². The van der Waals surface area contributed by atoms with Crippen LogP contribution in [-0.4, -0.2) is 9.13 Å². The van der Waals surface area contributed by atoms with Crippen molar-refractivity contribution in [3.05, 3.63) is 126 Å². The lowest BCUT2D eigenvalue weighted by atomic mass is 9.88. The highest BCUT2D eigenvalue weighted by atomic mass is 16.2. The minimum absolute atomic E-state index is 0.186. The standard InChI is InChI=1S/C56H60N2O4/c1-5-9-13-23-37(24-14-10-6-2)57-53(59)49-45-33-44-42-32-30-36-22-18-20-28-40(36)48(42)52-50(54(60)58(56(52)62)38(25-15-11-7-3)26-16-12-8-4)46(44)34-43(45)41-31-29-35-21-17-19-27-39(35)47(41)51(49)55(57)61/h17-22,27-34,37-38H,5-16,23-26H2,1-4H3. The topological polar surface area (TPSA) is 78.1 Å². The monoisotopic (exact) mass is 824 g/mol. The molecular formula is C56H60N2O4. The van der Waals surface area contributed by atoms with Gasteiger partial charge in [0.05, 0.1) is 21.5 Å². The van der Waals surface area contributed by atoms with Crippen LogP contribution in [0.5, 0.6) is 0 Å². The maximum atomic E-state index is 15.3. The second-order valence-corrected chi connectivity index (χ2v) is 18.1. The van der Waals surface area contributed by atoms with Gasteiger partial charge in [0.25, 0.3) is 22.2 Å². The van der Waals surface area contributed by atoms with E-state index in [9.17, 15) is 0 Å². The molecule has 6 heteroatoms. The van der Waals surface area contributed by atoms with E-state index in [4.69, 9.17) is 0 Å². The number of nitrogens with zero attached hydrogens (tertiary/aromatic N) is 2. The molecule has 0 unspecified atom stereocenters. The minimum atomic E-state index is -0.225. The number of fused-ring (bicyclic) bond motifs is 16. The van der Waals surface area contributed by atoms with Crippen molar-refractivity contribution in [2.75, 3.05) is 0 Å². The average Bonchev–Trinajstić information content (AvgIpc) is 3.71. The van der Waals surface area contributed by atoms with Gasteiger partial charge in [-0.1, -0.05) is 178 Å². The van der Waals surface area contributed by atoms with E-state index in [0.717, 1.165) is 167 Å². The number of hydrogen-bond acceptors (Lipinski definition) is 4. The number of hydrogen-bond donors (Lipinski definition) is 0. The predicted molar refractivity (Wildman–Crippen MR) is 265 cm³/mol. The van der Waals surface area contributed by atoms with Crippen LogP contribution in [0.15, 0.2) is 104 Å². The van der Waals surface area contributed by atoms with Crippen molar-refractivity contribution in [1.29, 1.82) is 0 Å². The van der Waals surface area contributed by atoms with Crippen molar-refractivity contribution in [2.45, 2.75) is 143 Å². The van der Waals surface area contributed by atoms with Crippen LogP contribution in [0, 0.1) is 0 Å². The molecule has 318 valence electrons. The maximum absolute atomic E-state index is 15.3. The molecule has 0 radical (unpaired) electrons. The first kappa shape index (κ1) is 41.7. The van der Waals surface area contributed by atoms with Crippen LogP contribution >= 0.6 is 0 Å². The van der Waals surface area contributed by atoms with Gasteiger partial charge in [-0.25, -0.2) is 0 Å². The number of unbranched alkanes of at least 4 members (excludes halogenated alkanes) is 8. The molecule has 0 atom stereocenters. The van der Waals surface area contributed by atoms with E-state index in [0.29, 0.717) is 21.5 Å². The normalized spacial score (nSPS) is 12.5. The van der Waals surface area contributed by atoms with Gasteiger partial charge < -0.3 is 0 Å². The molecule has 0 aliphatic heterocycles. The third-order valence-electron chi connectivity index (χ3n) is 14.2. The summed E-state index contributed by atoms with van der Waals surface area (Å²) in [6.45, 7) is 8.74. The van der Waals surface area contributed by atoms with Gasteiger partial charge in [0.2, 0.25) is 0 Å². The molecule has 0 aliphatic rings. The van der Waals surface area contributed by atoms with Crippen molar-refractivity contribution in [3.63, 3.8) is 0 Å². The highest BCUT2D eigenvalue weighted by Crippen LogP contribution is 2.43. The number of aromatic nitrogens is 2. The lowest BCUT2D eigenvalue weighted by Gasteiger charge is -2.17. The van der Waals surface area contributed by atoms with Crippen LogP contribution in [0.2, 0.25) is 0 Å². The Hall–Kier alpha value is -5.62. The van der Waals surface area contributed by atoms with Crippen molar-refractivity contribution in [2.24, 2.45) is 0 Å². The molecule has 0 aliphatic carbocycles. The first-order valence-corrected chi connectivity index (χ1v) is 23.8. The number of benzene rings is 7. The Morgan fingerprint density at radius 3 is 1.03 bits per heavy atom. The molecule has 0 fully saturated rings. The average molecular weight is 825 g/mol. The van der Waals surface area contributed by atoms with Crippen molar-refractivity contribution in [1.82, 2.24) is 9.13 Å². The van der Waals surface area contributed by atoms with Gasteiger partial charge in [-0.3, -0.25) is 28.3 Å². The van der Waals surface area contributed by atoms with Crippen molar-refractivity contribution in [3.8, 4) is 0 Å². The van der Waals surface area contributed by atoms with E-state index >= 15 is 19.2 Å². The summed E-state index contributed by atoms with van der Waals surface area (Å²) in [6, 6.07) is 28.4. The Morgan fingerprint density at radius 2 is 0.677 bits per heavy atom. The zero-order valence-electron chi connectivity index (χ0n) is 37.1. The molecule has 0 spiro atoms. The summed E-state index contributed by atoms with van der Waals surface area (Å²) in [6.07, 6.45) is 15.5. The zero-order chi connectivity index (χ0) is 43.1. The van der Waals surface area contributed by atoms with Gasteiger partial charge in [-0.15, -0.1) is 0 Å². The van der Waals surface area contributed by atoms with Crippen molar-refractivity contribution >= 4 is 86.2 Å². The molecule has 0 saturated heterocycles. The summed E-state index contributed by atoms with van der Waals surface area (Å²) < 4.78 is 3.24. The molecule has 0 bridgehead atoms. The van der Waals surface area contributed by atoms with Crippen molar-refractivity contribution < 1.29 is 0 Å². The van der Waals surface area contributed by atoms with Crippen LogP contribution in [0.3, 0.4) is 0 Å². The molecule has 0 N–H and O–H groups in total. The van der Waals surface area contributed by atoms with Crippen LogP contribution in [0.1, 0.15) is 143 Å². The fourth-order valence-electron chi connectivity index (χ4n) is 11.0. The fourth-order valence-corrected chi connectivity index (χ4v) is 11.0. The van der Waals surface area contributed by atoms with Crippen LogP contribution in [0.4, 0.5) is 0 Å². The molecule has 2 aromatic heterocycles. The quantitative estimate of drug-likeness (QED) is 0.0490. The summed E-state index contributed by atoms with van der Waals surface area (Å²) in [7, 11) is 0. The Balaban J connectivity index is 1.46. The summed E-state index contributed by atoms with van der Waals surface area (Å²) in [5.74, 6) is 0. The molecular weight excluding hydrogens is 765 g/mol. The lowest BCUT2D eigenvalue weighted by Crippen LogP contribution is -2.30. The lowest BCUT2D eigenvalue weighted by molar-refractivity contribution is 0.389. The molecule has 0 saturated carbocycles. The van der Waals surface area contributed by atoms with Gasteiger partial charge in [0.15, 0.2) is 0 Å². The third kappa shape index (κ3) is 6.85. The minimum Gasteiger partial charge on any atom is -0.271 e. The Bertz CT molecular complexity index is 3120. The zero-order valence-corrected chi connectivity index (χ0v) is 37.1. The maximum Gasteiger partial charge on any atom is 0.262 e. The van der Waals surface area contributed by atoms with E-state index in [-0.39, 0.29) is 34.3 Å². The molecule has 6 nitrogen and oxygen atoms in total. The molecule has 2 heterocycles. The first-order valence-electron chi connectivity index (χ1n) is 23.8. The molecule has 9 aromatic rings. The summed E-state index contributed by atoms with van der Waals surface area (Å²) in [4.78, 5) is 60.9. The van der Waals surface area contributed by atoms with Crippen LogP contribution < -0.4 is 22.2 Å². The van der Waals surface area contributed by atoms with Crippen LogP contribution in [0.25, 0.3) is 86.2 Å². The largest absolute Gasteiger partial charge is 0.271 e. The Kier molecular flexibility index (Phi) is 11.9. The fraction of sp³-hybridized carbons (Fsp3) is 0.393. The van der Waals surface area contributed by atoms with Gasteiger partial charge in [-0.2, -0.15) is 0 Å². The summed E-state index contributed by atoms with van der Waals surface area (Å²) >= 11 is 0. The molecule has 0 amide bonds. The first-order chi connectivity index (χ1) is 30.3. The van der Waals surface area contributed by atoms with Gasteiger partial charge in [0, 0.05) is 22.9 Å². The van der Waals surface area contributed by atoms with E-state index in [1.54, 1.807) is 9.13 Å². The molecule has 9 rings (SSSR count). The predicted octanol–water partition coefficient (Wildman–Crippen LogP) is 14.2. The number of rotatable bonds is 18. The van der Waals surface area contributed by atoms with E-state index in [1.807, 2.05) is 24.3 Å². The van der Waals surface area contributed by atoms with Gasteiger partial charge >= 0.3 is 0 Å². The molecule has 62 heavy (non-hydrogen) atoms. The second kappa shape index (κ2) is 17.6. The molecule has 7 aromatic carbocycles. The Morgan fingerprint density at radius 1 is 0.339 bits per heavy atom. The third-order valence-corrected chi connectivity index (χ3v) is 14.2. The highest BCUT2D eigenvalue weighted by molar-refractivity contribution is 6.37. The SMILES string of the molecule is CCCCCC(CCCCC)n1c(=O)c2c3cc4c(cc3c3ccc5ccccc5c3c2c1=O)c1c(=O)n(C(CCCCC)CCCCC)c(=O)c1c1c2ccccc2ccc41.